The van der Waals surface area contributed by atoms with Crippen LogP contribution < -0.4 is 5.69 Å². The fourth-order valence-electron chi connectivity index (χ4n) is 2.51. The van der Waals surface area contributed by atoms with Crippen molar-refractivity contribution in [3.63, 3.8) is 0 Å². The summed E-state index contributed by atoms with van der Waals surface area (Å²) in [5.74, 6) is 0.508. The van der Waals surface area contributed by atoms with Gasteiger partial charge in [0.1, 0.15) is 5.69 Å². The largest absolute Gasteiger partial charge is 0.346 e. The number of hydrogen-bond donors (Lipinski definition) is 1. The van der Waals surface area contributed by atoms with Crippen LogP contribution in [-0.2, 0) is 0 Å². The average molecular weight is 303 g/mol. The van der Waals surface area contributed by atoms with E-state index >= 15 is 0 Å². The molecular weight excluding hydrogens is 286 g/mol. The van der Waals surface area contributed by atoms with Gasteiger partial charge < -0.3 is 9.88 Å². The summed E-state index contributed by atoms with van der Waals surface area (Å²) in [6.45, 7) is 3.67. The minimum absolute atomic E-state index is 0.147. The molecular formula is C15H17N3O2S. The Labute approximate surface area is 126 Å². The van der Waals surface area contributed by atoms with Gasteiger partial charge in [0.25, 0.3) is 5.91 Å². The van der Waals surface area contributed by atoms with Crippen LogP contribution in [0.4, 0.5) is 0 Å². The molecule has 1 aliphatic rings. The zero-order chi connectivity index (χ0) is 14.8. The molecule has 0 aromatic carbocycles. The minimum atomic E-state index is -0.477. The number of aromatic nitrogens is 2. The lowest BCUT2D eigenvalue weighted by atomic mass is 9.99. The van der Waals surface area contributed by atoms with Gasteiger partial charge in [-0.25, -0.2) is 4.79 Å². The summed E-state index contributed by atoms with van der Waals surface area (Å²) in [7, 11) is 0. The summed E-state index contributed by atoms with van der Waals surface area (Å²) < 4.78 is 0. The van der Waals surface area contributed by atoms with Gasteiger partial charge in [0.2, 0.25) is 0 Å². The molecule has 21 heavy (non-hydrogen) atoms. The van der Waals surface area contributed by atoms with Crippen LogP contribution in [0.5, 0.6) is 0 Å². The van der Waals surface area contributed by atoms with Crippen LogP contribution in [0.1, 0.15) is 30.3 Å². The maximum Gasteiger partial charge on any atom is 0.346 e. The molecule has 5 nitrogen and oxygen atoms in total. The maximum atomic E-state index is 12.5. The highest BCUT2D eigenvalue weighted by Gasteiger charge is 2.23. The number of rotatable bonds is 2. The first-order valence-electron chi connectivity index (χ1n) is 7.08. The van der Waals surface area contributed by atoms with Crippen molar-refractivity contribution in [2.75, 3.05) is 13.1 Å². The number of nitrogens with zero attached hydrogens (tertiary/aromatic N) is 2. The summed E-state index contributed by atoms with van der Waals surface area (Å²) in [4.78, 5) is 33.5. The number of likely N-dealkylation sites (tertiary alicyclic amines) is 1. The summed E-state index contributed by atoms with van der Waals surface area (Å²) in [6, 6.07) is 5.49. The number of carbonyl (C=O) groups is 1. The van der Waals surface area contributed by atoms with Gasteiger partial charge in [0.05, 0.1) is 10.6 Å². The van der Waals surface area contributed by atoms with Crippen molar-refractivity contribution in [1.82, 2.24) is 14.9 Å². The van der Waals surface area contributed by atoms with E-state index in [4.69, 9.17) is 0 Å². The molecule has 1 saturated heterocycles. The SMILES string of the molecule is CC1CCN(C(=O)c2cc(-c3cccs3)[nH]c(=O)n2)CC1. The van der Waals surface area contributed by atoms with Crippen LogP contribution in [-0.4, -0.2) is 33.9 Å². The highest BCUT2D eigenvalue weighted by Crippen LogP contribution is 2.23. The smallest absolute Gasteiger partial charge is 0.337 e. The average Bonchev–Trinajstić information content (AvgIpc) is 3.01. The molecule has 1 N–H and O–H groups in total. The van der Waals surface area contributed by atoms with Crippen molar-refractivity contribution in [2.24, 2.45) is 5.92 Å². The third-order valence-electron chi connectivity index (χ3n) is 3.82. The van der Waals surface area contributed by atoms with E-state index in [-0.39, 0.29) is 11.6 Å². The van der Waals surface area contributed by atoms with Gasteiger partial charge >= 0.3 is 5.69 Å². The second-order valence-corrected chi connectivity index (χ2v) is 6.38. The molecule has 0 aliphatic carbocycles. The third-order valence-corrected chi connectivity index (χ3v) is 4.72. The number of aromatic amines is 1. The highest BCUT2D eigenvalue weighted by atomic mass is 32.1. The van der Waals surface area contributed by atoms with Gasteiger partial charge in [-0.05, 0) is 36.3 Å². The lowest BCUT2D eigenvalue weighted by Crippen LogP contribution is -2.39. The summed E-state index contributed by atoms with van der Waals surface area (Å²) in [5, 5.41) is 1.93. The molecule has 3 heterocycles. The Balaban J connectivity index is 1.88. The Morgan fingerprint density at radius 3 is 2.86 bits per heavy atom. The monoisotopic (exact) mass is 303 g/mol. The second kappa shape index (κ2) is 5.81. The van der Waals surface area contributed by atoms with Gasteiger partial charge in [0, 0.05) is 13.1 Å². The van der Waals surface area contributed by atoms with Crippen LogP contribution in [0, 0.1) is 5.92 Å². The highest BCUT2D eigenvalue weighted by molar-refractivity contribution is 7.13. The molecule has 2 aromatic rings. The zero-order valence-corrected chi connectivity index (χ0v) is 12.7. The van der Waals surface area contributed by atoms with E-state index in [2.05, 4.69) is 16.9 Å². The topological polar surface area (TPSA) is 66.1 Å². The Bertz CT molecular complexity index is 685. The first-order chi connectivity index (χ1) is 10.1. The normalized spacial score (nSPS) is 16.1. The summed E-state index contributed by atoms with van der Waals surface area (Å²) >= 11 is 1.52. The van der Waals surface area contributed by atoms with Crippen molar-refractivity contribution >= 4 is 17.2 Å². The molecule has 0 saturated carbocycles. The summed E-state index contributed by atoms with van der Waals surface area (Å²) in [6.07, 6.45) is 2.01. The number of hydrogen-bond acceptors (Lipinski definition) is 4. The lowest BCUT2D eigenvalue weighted by Gasteiger charge is -2.29. The van der Waals surface area contributed by atoms with Gasteiger partial charge in [-0.3, -0.25) is 4.79 Å². The quantitative estimate of drug-likeness (QED) is 0.926. The first-order valence-corrected chi connectivity index (χ1v) is 7.96. The Kier molecular flexibility index (Phi) is 3.88. The molecule has 110 valence electrons. The van der Waals surface area contributed by atoms with Crippen LogP contribution in [0.15, 0.2) is 28.4 Å². The Morgan fingerprint density at radius 1 is 1.43 bits per heavy atom. The molecule has 0 spiro atoms. The van der Waals surface area contributed by atoms with Crippen LogP contribution in [0.2, 0.25) is 0 Å². The van der Waals surface area contributed by atoms with Crippen LogP contribution in [0.25, 0.3) is 10.6 Å². The molecule has 0 atom stereocenters. The van der Waals surface area contributed by atoms with E-state index in [9.17, 15) is 9.59 Å². The molecule has 1 amide bonds. The molecule has 3 rings (SSSR count). The van der Waals surface area contributed by atoms with Gasteiger partial charge in [-0.2, -0.15) is 4.98 Å². The fourth-order valence-corrected chi connectivity index (χ4v) is 3.20. The van der Waals surface area contributed by atoms with E-state index in [0.29, 0.717) is 11.6 Å². The van der Waals surface area contributed by atoms with E-state index < -0.39 is 5.69 Å². The summed E-state index contributed by atoms with van der Waals surface area (Å²) in [5.41, 5.74) is 0.407. The standard InChI is InChI=1S/C15H17N3O2S/c1-10-4-6-18(7-5-10)14(19)12-9-11(16-15(20)17-12)13-3-2-8-21-13/h2-3,8-10H,4-7H2,1H3,(H,16,17,20). The lowest BCUT2D eigenvalue weighted by molar-refractivity contribution is 0.0690. The fraction of sp³-hybridized carbons (Fsp3) is 0.400. The number of thiophene rings is 1. The zero-order valence-electron chi connectivity index (χ0n) is 11.8. The van der Waals surface area contributed by atoms with Crippen molar-refractivity contribution < 1.29 is 4.79 Å². The molecule has 1 fully saturated rings. The minimum Gasteiger partial charge on any atom is -0.337 e. The first kappa shape index (κ1) is 14.0. The van der Waals surface area contributed by atoms with Crippen molar-refractivity contribution in [2.45, 2.75) is 19.8 Å². The molecule has 0 unspecified atom stereocenters. The van der Waals surface area contributed by atoms with E-state index in [1.165, 1.54) is 11.3 Å². The van der Waals surface area contributed by atoms with Crippen molar-refractivity contribution in [1.29, 1.82) is 0 Å². The molecule has 0 radical (unpaired) electrons. The molecule has 2 aromatic heterocycles. The second-order valence-electron chi connectivity index (χ2n) is 5.44. The van der Waals surface area contributed by atoms with E-state index in [0.717, 1.165) is 30.8 Å². The van der Waals surface area contributed by atoms with Gasteiger partial charge in [0.15, 0.2) is 0 Å². The number of amides is 1. The van der Waals surface area contributed by atoms with Crippen LogP contribution >= 0.6 is 11.3 Å². The molecule has 1 aliphatic heterocycles. The number of nitrogens with one attached hydrogen (secondary N) is 1. The Morgan fingerprint density at radius 2 is 2.19 bits per heavy atom. The van der Waals surface area contributed by atoms with Gasteiger partial charge in [-0.1, -0.05) is 13.0 Å². The van der Waals surface area contributed by atoms with Crippen LogP contribution in [0.3, 0.4) is 0 Å². The van der Waals surface area contributed by atoms with E-state index in [1.54, 1.807) is 11.0 Å². The predicted octanol–water partition coefficient (Wildman–Crippen LogP) is 2.37. The predicted molar refractivity (Wildman–Crippen MR) is 82.5 cm³/mol. The van der Waals surface area contributed by atoms with E-state index in [1.807, 2.05) is 17.5 Å². The third kappa shape index (κ3) is 3.05. The number of carbonyl (C=O) groups excluding carboxylic acids is 1. The number of piperidine rings is 1. The van der Waals surface area contributed by atoms with Gasteiger partial charge in [-0.15, -0.1) is 11.3 Å². The maximum absolute atomic E-state index is 12.5. The van der Waals surface area contributed by atoms with Crippen molar-refractivity contribution in [3.8, 4) is 10.6 Å². The number of H-pyrrole nitrogens is 1. The Hall–Kier alpha value is -1.95. The van der Waals surface area contributed by atoms with Crippen molar-refractivity contribution in [3.05, 3.63) is 39.8 Å². The molecule has 0 bridgehead atoms. The molecule has 6 heteroatoms.